The molecule has 0 atom stereocenters. The number of aliphatic hydroxyl groups excluding tert-OH is 1. The number of benzene rings is 1. The van der Waals surface area contributed by atoms with Crippen molar-refractivity contribution in [3.05, 3.63) is 29.1 Å². The number of methoxy groups -OCH3 is 1. The van der Waals surface area contributed by atoms with Gasteiger partial charge >= 0.3 is 0 Å². The van der Waals surface area contributed by atoms with Crippen LogP contribution in [-0.2, 0) is 6.61 Å². The van der Waals surface area contributed by atoms with Gasteiger partial charge in [-0.25, -0.2) is 4.39 Å². The highest BCUT2D eigenvalue weighted by Crippen LogP contribution is 2.24. The van der Waals surface area contributed by atoms with Crippen LogP contribution in [0, 0.1) is 12.7 Å². The summed E-state index contributed by atoms with van der Waals surface area (Å²) in [4.78, 5) is 0. The van der Waals surface area contributed by atoms with Crippen LogP contribution in [0.2, 0.25) is 0 Å². The van der Waals surface area contributed by atoms with Gasteiger partial charge in [0.25, 0.3) is 0 Å². The van der Waals surface area contributed by atoms with Gasteiger partial charge in [0.2, 0.25) is 0 Å². The molecular weight excluding hydrogens is 159 g/mol. The molecule has 0 spiro atoms. The van der Waals surface area contributed by atoms with Crippen LogP contribution >= 0.6 is 0 Å². The molecule has 0 aromatic heterocycles. The third-order valence-electron chi connectivity index (χ3n) is 1.75. The van der Waals surface area contributed by atoms with E-state index in [4.69, 9.17) is 9.84 Å². The Labute approximate surface area is 70.6 Å². The van der Waals surface area contributed by atoms with Gasteiger partial charge in [0.1, 0.15) is 0 Å². The maximum absolute atomic E-state index is 13.2. The molecule has 1 aromatic rings. The van der Waals surface area contributed by atoms with Crippen molar-refractivity contribution in [3.8, 4) is 5.75 Å². The van der Waals surface area contributed by atoms with E-state index in [9.17, 15) is 4.39 Å². The Balaban J connectivity index is 3.25. The zero-order valence-electron chi connectivity index (χ0n) is 7.10. The number of rotatable bonds is 2. The largest absolute Gasteiger partial charge is 0.493 e. The Hall–Kier alpha value is -1.09. The van der Waals surface area contributed by atoms with E-state index in [1.54, 1.807) is 19.1 Å². The fraction of sp³-hybridized carbons (Fsp3) is 0.333. The van der Waals surface area contributed by atoms with E-state index in [1.807, 2.05) is 0 Å². The highest BCUT2D eigenvalue weighted by atomic mass is 19.1. The van der Waals surface area contributed by atoms with Crippen molar-refractivity contribution in [2.75, 3.05) is 7.11 Å². The maximum Gasteiger partial charge on any atom is 0.168 e. The van der Waals surface area contributed by atoms with Crippen LogP contribution in [0.3, 0.4) is 0 Å². The summed E-state index contributed by atoms with van der Waals surface area (Å²) in [5.41, 5.74) is 0.990. The first kappa shape index (κ1) is 9.00. The summed E-state index contributed by atoms with van der Waals surface area (Å²) in [6.07, 6.45) is 0. The van der Waals surface area contributed by atoms with E-state index >= 15 is 0 Å². The number of hydrogen-bond donors (Lipinski definition) is 1. The molecule has 0 bridgehead atoms. The number of halogens is 1. The van der Waals surface area contributed by atoms with Gasteiger partial charge in [0, 0.05) is 5.56 Å². The van der Waals surface area contributed by atoms with Crippen LogP contribution in [-0.4, -0.2) is 12.2 Å². The van der Waals surface area contributed by atoms with Crippen LogP contribution in [0.25, 0.3) is 0 Å². The van der Waals surface area contributed by atoms with E-state index in [2.05, 4.69) is 0 Å². The Morgan fingerprint density at radius 3 is 2.67 bits per heavy atom. The number of aliphatic hydroxyl groups is 1. The summed E-state index contributed by atoms with van der Waals surface area (Å²) < 4.78 is 18.0. The predicted octanol–water partition coefficient (Wildman–Crippen LogP) is 1.64. The van der Waals surface area contributed by atoms with E-state index in [0.29, 0.717) is 11.1 Å². The Bertz CT molecular complexity index is 284. The van der Waals surface area contributed by atoms with E-state index < -0.39 is 5.82 Å². The summed E-state index contributed by atoms with van der Waals surface area (Å²) in [5, 5.41) is 8.82. The second kappa shape index (κ2) is 3.54. The van der Waals surface area contributed by atoms with Crippen LogP contribution < -0.4 is 4.74 Å². The number of aryl methyl sites for hydroxylation is 1. The summed E-state index contributed by atoms with van der Waals surface area (Å²) >= 11 is 0. The van der Waals surface area contributed by atoms with E-state index in [-0.39, 0.29) is 12.4 Å². The van der Waals surface area contributed by atoms with Gasteiger partial charge in [-0.15, -0.1) is 0 Å². The van der Waals surface area contributed by atoms with Crippen molar-refractivity contribution >= 4 is 0 Å². The lowest BCUT2D eigenvalue weighted by molar-refractivity contribution is 0.270. The molecule has 1 N–H and O–H groups in total. The summed E-state index contributed by atoms with van der Waals surface area (Å²) in [6, 6.07) is 3.26. The molecule has 0 heterocycles. The van der Waals surface area contributed by atoms with Gasteiger partial charge in [-0.2, -0.15) is 0 Å². The standard InChI is InChI=1S/C9H11FO2/c1-6-3-4-7(5-11)9(12-2)8(6)10/h3-4,11H,5H2,1-2H3. The Morgan fingerprint density at radius 2 is 2.17 bits per heavy atom. The summed E-state index contributed by atoms with van der Waals surface area (Å²) in [7, 11) is 1.39. The van der Waals surface area contributed by atoms with Crippen molar-refractivity contribution in [1.29, 1.82) is 0 Å². The van der Waals surface area contributed by atoms with E-state index in [1.165, 1.54) is 7.11 Å². The Morgan fingerprint density at radius 1 is 1.50 bits per heavy atom. The third kappa shape index (κ3) is 1.41. The highest BCUT2D eigenvalue weighted by Gasteiger charge is 2.10. The fourth-order valence-electron chi connectivity index (χ4n) is 1.04. The van der Waals surface area contributed by atoms with Crippen LogP contribution in [0.1, 0.15) is 11.1 Å². The Kier molecular flexibility index (Phi) is 2.65. The average molecular weight is 170 g/mol. The van der Waals surface area contributed by atoms with Gasteiger partial charge in [-0.05, 0) is 12.5 Å². The fourth-order valence-corrected chi connectivity index (χ4v) is 1.04. The van der Waals surface area contributed by atoms with Crippen molar-refractivity contribution < 1.29 is 14.2 Å². The molecule has 0 saturated heterocycles. The molecule has 12 heavy (non-hydrogen) atoms. The molecule has 0 amide bonds. The first-order valence-corrected chi connectivity index (χ1v) is 3.63. The average Bonchev–Trinajstić information content (AvgIpc) is 2.09. The molecule has 0 fully saturated rings. The normalized spacial score (nSPS) is 10.0. The van der Waals surface area contributed by atoms with Crippen molar-refractivity contribution in [2.24, 2.45) is 0 Å². The monoisotopic (exact) mass is 170 g/mol. The molecule has 66 valence electrons. The van der Waals surface area contributed by atoms with Crippen molar-refractivity contribution in [3.63, 3.8) is 0 Å². The van der Waals surface area contributed by atoms with Crippen LogP contribution in [0.5, 0.6) is 5.75 Å². The minimum Gasteiger partial charge on any atom is -0.493 e. The minimum atomic E-state index is -0.399. The predicted molar refractivity (Wildman–Crippen MR) is 43.6 cm³/mol. The van der Waals surface area contributed by atoms with Crippen LogP contribution in [0.15, 0.2) is 12.1 Å². The molecule has 0 saturated carbocycles. The lowest BCUT2D eigenvalue weighted by Gasteiger charge is -2.08. The lowest BCUT2D eigenvalue weighted by atomic mass is 10.1. The quantitative estimate of drug-likeness (QED) is 0.731. The molecule has 0 aliphatic carbocycles. The first-order chi connectivity index (χ1) is 5.70. The molecule has 0 radical (unpaired) electrons. The summed E-state index contributed by atoms with van der Waals surface area (Å²) in [6.45, 7) is 1.44. The van der Waals surface area contributed by atoms with Gasteiger partial charge in [0.15, 0.2) is 11.6 Å². The zero-order chi connectivity index (χ0) is 9.14. The smallest absolute Gasteiger partial charge is 0.168 e. The maximum atomic E-state index is 13.2. The van der Waals surface area contributed by atoms with Gasteiger partial charge < -0.3 is 9.84 Å². The first-order valence-electron chi connectivity index (χ1n) is 3.63. The topological polar surface area (TPSA) is 29.5 Å². The van der Waals surface area contributed by atoms with Crippen molar-refractivity contribution in [1.82, 2.24) is 0 Å². The molecular formula is C9H11FO2. The molecule has 1 aromatic carbocycles. The van der Waals surface area contributed by atoms with Gasteiger partial charge in [0.05, 0.1) is 13.7 Å². The van der Waals surface area contributed by atoms with E-state index in [0.717, 1.165) is 0 Å². The highest BCUT2D eigenvalue weighted by molar-refractivity contribution is 5.38. The summed E-state index contributed by atoms with van der Waals surface area (Å²) in [5.74, 6) is -0.262. The third-order valence-corrected chi connectivity index (χ3v) is 1.75. The molecule has 1 rings (SSSR count). The van der Waals surface area contributed by atoms with Gasteiger partial charge in [-0.1, -0.05) is 12.1 Å². The van der Waals surface area contributed by atoms with Crippen molar-refractivity contribution in [2.45, 2.75) is 13.5 Å². The molecule has 0 aliphatic rings. The molecule has 0 unspecified atom stereocenters. The number of ether oxygens (including phenoxy) is 1. The zero-order valence-corrected chi connectivity index (χ0v) is 7.10. The molecule has 2 nitrogen and oxygen atoms in total. The second-order valence-corrected chi connectivity index (χ2v) is 2.55. The lowest BCUT2D eigenvalue weighted by Crippen LogP contribution is -1.97. The number of hydrogen-bond acceptors (Lipinski definition) is 2. The SMILES string of the molecule is COc1c(CO)ccc(C)c1F. The molecule has 0 aliphatic heterocycles. The second-order valence-electron chi connectivity index (χ2n) is 2.55. The van der Waals surface area contributed by atoms with Crippen LogP contribution in [0.4, 0.5) is 4.39 Å². The van der Waals surface area contributed by atoms with Gasteiger partial charge in [-0.3, -0.25) is 0 Å². The minimum absolute atomic E-state index is 0.137. The molecule has 3 heteroatoms.